The highest BCUT2D eigenvalue weighted by Crippen LogP contribution is 2.45. The fourth-order valence-electron chi connectivity index (χ4n) is 2.81. The second kappa shape index (κ2) is 8.28. The molecule has 152 valence electrons. The SMILES string of the molecule is CCOC(=O)c1c(SC(F)(F)F)[nH]c(-c2ccc(F)cc2)c1-c1ccc(F)cc1. The minimum absolute atomic E-state index is 0.0467. The Labute approximate surface area is 166 Å². The molecule has 1 heterocycles. The van der Waals surface area contributed by atoms with Crippen LogP contribution in [0.2, 0.25) is 0 Å². The lowest BCUT2D eigenvalue weighted by Crippen LogP contribution is -2.08. The van der Waals surface area contributed by atoms with E-state index in [9.17, 15) is 26.7 Å². The van der Waals surface area contributed by atoms with Gasteiger partial charge in [-0.25, -0.2) is 13.6 Å². The average molecular weight is 427 g/mol. The van der Waals surface area contributed by atoms with Gasteiger partial charge in [0.15, 0.2) is 0 Å². The van der Waals surface area contributed by atoms with Crippen molar-refractivity contribution in [1.29, 1.82) is 0 Å². The quantitative estimate of drug-likeness (QED) is 0.290. The van der Waals surface area contributed by atoms with E-state index in [0.29, 0.717) is 11.1 Å². The number of carbonyl (C=O) groups excluding carboxylic acids is 1. The van der Waals surface area contributed by atoms with E-state index in [4.69, 9.17) is 4.74 Å². The lowest BCUT2D eigenvalue weighted by Gasteiger charge is -2.09. The molecule has 0 spiro atoms. The van der Waals surface area contributed by atoms with Crippen LogP contribution in [0.4, 0.5) is 22.0 Å². The van der Waals surface area contributed by atoms with E-state index in [-0.39, 0.29) is 23.4 Å². The van der Waals surface area contributed by atoms with Crippen LogP contribution in [0.25, 0.3) is 22.4 Å². The minimum atomic E-state index is -4.67. The summed E-state index contributed by atoms with van der Waals surface area (Å²) in [5.74, 6) is -2.03. The van der Waals surface area contributed by atoms with Crippen LogP contribution < -0.4 is 0 Å². The van der Waals surface area contributed by atoms with E-state index in [1.54, 1.807) is 0 Å². The van der Waals surface area contributed by atoms with Gasteiger partial charge in [-0.3, -0.25) is 0 Å². The van der Waals surface area contributed by atoms with Gasteiger partial charge in [-0.15, -0.1) is 0 Å². The van der Waals surface area contributed by atoms with E-state index in [0.717, 1.165) is 24.3 Å². The number of benzene rings is 2. The first-order valence-corrected chi connectivity index (χ1v) is 9.22. The molecule has 0 aliphatic heterocycles. The molecule has 0 radical (unpaired) electrons. The Bertz CT molecular complexity index is 1010. The molecule has 0 bridgehead atoms. The number of halogens is 5. The summed E-state index contributed by atoms with van der Waals surface area (Å²) in [7, 11) is 0. The van der Waals surface area contributed by atoms with Crippen LogP contribution >= 0.6 is 11.8 Å². The van der Waals surface area contributed by atoms with Crippen molar-refractivity contribution in [2.24, 2.45) is 0 Å². The smallest absolute Gasteiger partial charge is 0.447 e. The van der Waals surface area contributed by atoms with Crippen LogP contribution in [-0.2, 0) is 4.74 Å². The summed E-state index contributed by atoms with van der Waals surface area (Å²) in [4.78, 5) is 15.2. The Hall–Kier alpha value is -2.81. The van der Waals surface area contributed by atoms with Gasteiger partial charge in [0, 0.05) is 17.3 Å². The largest absolute Gasteiger partial charge is 0.462 e. The molecule has 2 aromatic carbocycles. The highest BCUT2D eigenvalue weighted by atomic mass is 32.2. The minimum Gasteiger partial charge on any atom is -0.462 e. The summed E-state index contributed by atoms with van der Waals surface area (Å²) in [6, 6.07) is 9.96. The van der Waals surface area contributed by atoms with E-state index >= 15 is 0 Å². The van der Waals surface area contributed by atoms with Gasteiger partial charge in [0.05, 0.1) is 22.9 Å². The number of carbonyl (C=O) groups is 1. The van der Waals surface area contributed by atoms with Gasteiger partial charge >= 0.3 is 11.5 Å². The number of aromatic amines is 1. The van der Waals surface area contributed by atoms with Crippen molar-refractivity contribution in [2.45, 2.75) is 17.5 Å². The van der Waals surface area contributed by atoms with Crippen LogP contribution in [0.1, 0.15) is 17.3 Å². The molecule has 0 unspecified atom stereocenters. The maximum Gasteiger partial charge on any atom is 0.447 e. The molecule has 0 saturated carbocycles. The van der Waals surface area contributed by atoms with Crippen molar-refractivity contribution in [2.75, 3.05) is 6.61 Å². The molecule has 3 rings (SSSR count). The lowest BCUT2D eigenvalue weighted by atomic mass is 9.98. The summed E-state index contributed by atoms with van der Waals surface area (Å²) in [5, 5.41) is -0.463. The number of alkyl halides is 3. The molecule has 0 aliphatic carbocycles. The highest BCUT2D eigenvalue weighted by Gasteiger charge is 2.36. The third-order valence-corrected chi connectivity index (χ3v) is 4.67. The lowest BCUT2D eigenvalue weighted by molar-refractivity contribution is -0.0329. The van der Waals surface area contributed by atoms with Crippen molar-refractivity contribution >= 4 is 17.7 Å². The van der Waals surface area contributed by atoms with Crippen LogP contribution in [0, 0.1) is 11.6 Å². The molecule has 0 fully saturated rings. The van der Waals surface area contributed by atoms with Crippen LogP contribution in [0.5, 0.6) is 0 Å². The average Bonchev–Trinajstić information content (AvgIpc) is 3.00. The number of hydrogen-bond donors (Lipinski definition) is 1. The number of nitrogens with one attached hydrogen (secondary N) is 1. The van der Waals surface area contributed by atoms with E-state index < -0.39 is 39.9 Å². The number of hydrogen-bond acceptors (Lipinski definition) is 3. The van der Waals surface area contributed by atoms with Crippen LogP contribution in [0.3, 0.4) is 0 Å². The van der Waals surface area contributed by atoms with Crippen molar-refractivity contribution < 1.29 is 31.5 Å². The molecule has 0 amide bonds. The maximum absolute atomic E-state index is 13.4. The molecular weight excluding hydrogens is 413 g/mol. The van der Waals surface area contributed by atoms with Crippen molar-refractivity contribution in [3.8, 4) is 22.4 Å². The fraction of sp³-hybridized carbons (Fsp3) is 0.150. The monoisotopic (exact) mass is 427 g/mol. The summed E-state index contributed by atoms with van der Waals surface area (Å²) in [5.41, 5.74) is -4.07. The van der Waals surface area contributed by atoms with Crippen molar-refractivity contribution in [3.63, 3.8) is 0 Å². The molecule has 3 aromatic rings. The second-order valence-corrected chi connectivity index (χ2v) is 6.94. The zero-order chi connectivity index (χ0) is 21.2. The van der Waals surface area contributed by atoms with E-state index in [1.165, 1.54) is 31.2 Å². The van der Waals surface area contributed by atoms with Gasteiger partial charge in [-0.2, -0.15) is 13.2 Å². The molecular formula is C20H14F5NO2S. The van der Waals surface area contributed by atoms with Gasteiger partial charge in [-0.1, -0.05) is 12.1 Å². The van der Waals surface area contributed by atoms with Gasteiger partial charge in [0.25, 0.3) is 0 Å². The van der Waals surface area contributed by atoms with E-state index in [1.807, 2.05) is 0 Å². The first-order chi connectivity index (χ1) is 13.7. The number of esters is 1. The molecule has 1 aromatic heterocycles. The number of aromatic nitrogens is 1. The number of ether oxygens (including phenoxy) is 1. The summed E-state index contributed by atoms with van der Waals surface area (Å²) in [6.45, 7) is 1.48. The number of rotatable bonds is 5. The fourth-order valence-corrected chi connectivity index (χ4v) is 3.48. The maximum atomic E-state index is 13.4. The molecule has 0 aliphatic rings. The Morgan fingerprint density at radius 3 is 1.97 bits per heavy atom. The summed E-state index contributed by atoms with van der Waals surface area (Å²) >= 11 is -0.492. The predicted octanol–water partition coefficient (Wildman–Crippen LogP) is 6.42. The second-order valence-electron chi connectivity index (χ2n) is 5.86. The Kier molecular flexibility index (Phi) is 5.97. The highest BCUT2D eigenvalue weighted by molar-refractivity contribution is 8.00. The van der Waals surface area contributed by atoms with Gasteiger partial charge in [0.1, 0.15) is 11.6 Å². The molecule has 0 atom stereocenters. The van der Waals surface area contributed by atoms with E-state index in [2.05, 4.69) is 4.98 Å². The van der Waals surface area contributed by atoms with Crippen LogP contribution in [-0.4, -0.2) is 23.1 Å². The Balaban J connectivity index is 2.30. The van der Waals surface area contributed by atoms with Gasteiger partial charge in [-0.05, 0) is 54.4 Å². The first kappa shape index (κ1) is 20.9. The molecule has 29 heavy (non-hydrogen) atoms. The molecule has 3 nitrogen and oxygen atoms in total. The van der Waals surface area contributed by atoms with Crippen molar-refractivity contribution in [3.05, 3.63) is 65.7 Å². The van der Waals surface area contributed by atoms with Gasteiger partial charge in [0.2, 0.25) is 0 Å². The van der Waals surface area contributed by atoms with Gasteiger partial charge < -0.3 is 9.72 Å². The third-order valence-electron chi connectivity index (χ3n) is 3.93. The predicted molar refractivity (Wildman–Crippen MR) is 99.4 cm³/mol. The van der Waals surface area contributed by atoms with Crippen LogP contribution in [0.15, 0.2) is 53.6 Å². The first-order valence-electron chi connectivity index (χ1n) is 8.40. The molecule has 9 heteroatoms. The molecule has 1 N–H and O–H groups in total. The zero-order valence-corrected chi connectivity index (χ0v) is 15.8. The molecule has 0 saturated heterocycles. The topological polar surface area (TPSA) is 42.1 Å². The summed E-state index contributed by atoms with van der Waals surface area (Å²) in [6.07, 6.45) is 0. The third kappa shape index (κ3) is 4.79. The summed E-state index contributed by atoms with van der Waals surface area (Å²) < 4.78 is 71.0. The Morgan fingerprint density at radius 2 is 1.48 bits per heavy atom. The zero-order valence-electron chi connectivity index (χ0n) is 14.9. The standard InChI is InChI=1S/C20H14F5NO2S/c1-2-28-19(27)16-15(11-3-7-13(21)8-4-11)17(12-5-9-14(22)10-6-12)26-18(16)29-20(23,24)25/h3-10,26H,2H2,1H3. The number of thioether (sulfide) groups is 1. The Morgan fingerprint density at radius 1 is 0.966 bits per heavy atom. The normalized spacial score (nSPS) is 11.5. The number of H-pyrrole nitrogens is 1. The van der Waals surface area contributed by atoms with Crippen molar-refractivity contribution in [1.82, 2.24) is 4.98 Å².